The van der Waals surface area contributed by atoms with Crippen molar-refractivity contribution in [3.05, 3.63) is 76.8 Å². The quantitative estimate of drug-likeness (QED) is 0.589. The highest BCUT2D eigenvalue weighted by atomic mass is 35.5. The van der Waals surface area contributed by atoms with Crippen LogP contribution in [0, 0.1) is 0 Å². The van der Waals surface area contributed by atoms with Crippen LogP contribution in [0.15, 0.2) is 60.7 Å². The molecule has 0 aliphatic carbocycles. The summed E-state index contributed by atoms with van der Waals surface area (Å²) in [5.74, 6) is 0.922. The standard InChI is InChI=1S/C20H19ClO/c1-2-15-3-6-18-14-20(10-7-17(18)13-15)22-12-11-16-4-8-19(21)9-5-16/h3-10,13-14H,2,11-12H2,1H3. The zero-order valence-corrected chi connectivity index (χ0v) is 13.4. The highest BCUT2D eigenvalue weighted by molar-refractivity contribution is 6.30. The first-order valence-corrected chi connectivity index (χ1v) is 8.02. The van der Waals surface area contributed by atoms with Crippen LogP contribution in [0.4, 0.5) is 0 Å². The minimum absolute atomic E-state index is 0.667. The number of hydrogen-bond acceptors (Lipinski definition) is 1. The molecule has 0 saturated heterocycles. The van der Waals surface area contributed by atoms with E-state index in [9.17, 15) is 0 Å². The topological polar surface area (TPSA) is 9.23 Å². The Balaban J connectivity index is 1.65. The molecule has 0 bridgehead atoms. The van der Waals surface area contributed by atoms with Crippen LogP contribution in [0.3, 0.4) is 0 Å². The maximum atomic E-state index is 5.89. The second-order valence-electron chi connectivity index (χ2n) is 5.42. The molecule has 0 spiro atoms. The predicted octanol–water partition coefficient (Wildman–Crippen LogP) is 5.68. The van der Waals surface area contributed by atoms with E-state index in [1.54, 1.807) is 0 Å². The summed E-state index contributed by atoms with van der Waals surface area (Å²) in [5.41, 5.74) is 2.60. The van der Waals surface area contributed by atoms with Gasteiger partial charge in [-0.15, -0.1) is 0 Å². The molecule has 0 N–H and O–H groups in total. The lowest BCUT2D eigenvalue weighted by atomic mass is 10.1. The molecule has 0 aromatic heterocycles. The average molecular weight is 311 g/mol. The van der Waals surface area contributed by atoms with Crippen LogP contribution in [0.25, 0.3) is 10.8 Å². The molecule has 0 atom stereocenters. The first-order chi connectivity index (χ1) is 10.7. The van der Waals surface area contributed by atoms with Gasteiger partial charge in [0, 0.05) is 11.4 Å². The fourth-order valence-corrected chi connectivity index (χ4v) is 2.65. The predicted molar refractivity (Wildman–Crippen MR) is 94.0 cm³/mol. The lowest BCUT2D eigenvalue weighted by Gasteiger charge is -2.08. The average Bonchev–Trinajstić information content (AvgIpc) is 2.56. The largest absolute Gasteiger partial charge is 0.493 e. The van der Waals surface area contributed by atoms with E-state index in [2.05, 4.69) is 37.3 Å². The molecule has 0 aliphatic heterocycles. The molecule has 112 valence electrons. The van der Waals surface area contributed by atoms with Crippen LogP contribution in [0.5, 0.6) is 5.75 Å². The van der Waals surface area contributed by atoms with Gasteiger partial charge in [0.1, 0.15) is 5.75 Å². The third-order valence-corrected chi connectivity index (χ3v) is 4.11. The van der Waals surface area contributed by atoms with Gasteiger partial charge in [0.25, 0.3) is 0 Å². The lowest BCUT2D eigenvalue weighted by Crippen LogP contribution is -2.01. The van der Waals surface area contributed by atoms with Crippen molar-refractivity contribution in [3.8, 4) is 5.75 Å². The monoisotopic (exact) mass is 310 g/mol. The number of aryl methyl sites for hydroxylation is 1. The van der Waals surface area contributed by atoms with E-state index >= 15 is 0 Å². The maximum Gasteiger partial charge on any atom is 0.119 e. The van der Waals surface area contributed by atoms with E-state index in [4.69, 9.17) is 16.3 Å². The molecule has 1 nitrogen and oxygen atoms in total. The molecule has 3 aromatic carbocycles. The summed E-state index contributed by atoms with van der Waals surface area (Å²) in [5, 5.41) is 3.26. The Labute approximate surface area is 136 Å². The first-order valence-electron chi connectivity index (χ1n) is 7.64. The van der Waals surface area contributed by atoms with Crippen LogP contribution in [-0.4, -0.2) is 6.61 Å². The van der Waals surface area contributed by atoms with E-state index in [1.165, 1.54) is 21.9 Å². The smallest absolute Gasteiger partial charge is 0.119 e. The molecule has 0 fully saturated rings. The third kappa shape index (κ3) is 3.61. The van der Waals surface area contributed by atoms with Crippen molar-refractivity contribution >= 4 is 22.4 Å². The minimum Gasteiger partial charge on any atom is -0.493 e. The highest BCUT2D eigenvalue weighted by Gasteiger charge is 2.00. The van der Waals surface area contributed by atoms with Crippen molar-refractivity contribution in [3.63, 3.8) is 0 Å². The zero-order valence-electron chi connectivity index (χ0n) is 12.7. The van der Waals surface area contributed by atoms with Gasteiger partial charge in [-0.1, -0.05) is 54.9 Å². The number of ether oxygens (including phenoxy) is 1. The second kappa shape index (κ2) is 6.85. The number of fused-ring (bicyclic) bond motifs is 1. The molecule has 0 amide bonds. The number of hydrogen-bond donors (Lipinski definition) is 0. The highest BCUT2D eigenvalue weighted by Crippen LogP contribution is 2.22. The van der Waals surface area contributed by atoms with Gasteiger partial charge in [-0.25, -0.2) is 0 Å². The van der Waals surface area contributed by atoms with E-state index in [0.29, 0.717) is 6.61 Å². The van der Waals surface area contributed by atoms with Gasteiger partial charge in [-0.05, 0) is 52.6 Å². The van der Waals surface area contributed by atoms with Crippen molar-refractivity contribution in [1.29, 1.82) is 0 Å². The Morgan fingerprint density at radius 3 is 2.27 bits per heavy atom. The van der Waals surface area contributed by atoms with Gasteiger partial charge in [0.15, 0.2) is 0 Å². The summed E-state index contributed by atoms with van der Waals surface area (Å²) in [7, 11) is 0. The maximum absolute atomic E-state index is 5.89. The fourth-order valence-electron chi connectivity index (χ4n) is 2.52. The van der Waals surface area contributed by atoms with Crippen LogP contribution in [-0.2, 0) is 12.8 Å². The Morgan fingerprint density at radius 1 is 0.818 bits per heavy atom. The van der Waals surface area contributed by atoms with E-state index < -0.39 is 0 Å². The molecule has 0 unspecified atom stereocenters. The summed E-state index contributed by atoms with van der Waals surface area (Å²) < 4.78 is 5.87. The van der Waals surface area contributed by atoms with E-state index in [1.807, 2.05) is 30.3 Å². The van der Waals surface area contributed by atoms with E-state index in [-0.39, 0.29) is 0 Å². The molecule has 0 aliphatic rings. The van der Waals surface area contributed by atoms with Crippen molar-refractivity contribution < 1.29 is 4.74 Å². The molecular weight excluding hydrogens is 292 g/mol. The Kier molecular flexibility index (Phi) is 4.65. The Bertz CT molecular complexity index is 762. The normalized spacial score (nSPS) is 10.8. The summed E-state index contributed by atoms with van der Waals surface area (Å²) in [4.78, 5) is 0. The lowest BCUT2D eigenvalue weighted by molar-refractivity contribution is 0.322. The summed E-state index contributed by atoms with van der Waals surface area (Å²) in [6.45, 7) is 2.84. The van der Waals surface area contributed by atoms with Gasteiger partial charge in [0.2, 0.25) is 0 Å². The van der Waals surface area contributed by atoms with E-state index in [0.717, 1.165) is 23.6 Å². The van der Waals surface area contributed by atoms with Crippen molar-refractivity contribution in [2.75, 3.05) is 6.61 Å². The Morgan fingerprint density at radius 2 is 1.50 bits per heavy atom. The number of rotatable bonds is 5. The molecule has 2 heteroatoms. The molecular formula is C20H19ClO. The van der Waals surface area contributed by atoms with Crippen LogP contribution in [0.1, 0.15) is 18.1 Å². The zero-order chi connectivity index (χ0) is 15.4. The van der Waals surface area contributed by atoms with Crippen LogP contribution in [0.2, 0.25) is 5.02 Å². The third-order valence-electron chi connectivity index (χ3n) is 3.86. The van der Waals surface area contributed by atoms with Gasteiger partial charge < -0.3 is 4.74 Å². The molecule has 0 saturated carbocycles. The first kappa shape index (κ1) is 14.9. The SMILES string of the molecule is CCc1ccc2cc(OCCc3ccc(Cl)cc3)ccc2c1. The van der Waals surface area contributed by atoms with Crippen molar-refractivity contribution in [2.24, 2.45) is 0 Å². The van der Waals surface area contributed by atoms with Gasteiger partial charge in [-0.3, -0.25) is 0 Å². The fraction of sp³-hybridized carbons (Fsp3) is 0.200. The second-order valence-corrected chi connectivity index (χ2v) is 5.86. The number of halogens is 1. The summed E-state index contributed by atoms with van der Waals surface area (Å²) in [6.07, 6.45) is 1.94. The molecule has 22 heavy (non-hydrogen) atoms. The van der Waals surface area contributed by atoms with Crippen molar-refractivity contribution in [1.82, 2.24) is 0 Å². The molecule has 3 rings (SSSR count). The molecule has 3 aromatic rings. The van der Waals surface area contributed by atoms with Gasteiger partial charge in [0.05, 0.1) is 6.61 Å². The Hall–Kier alpha value is -1.99. The van der Waals surface area contributed by atoms with Crippen LogP contribution < -0.4 is 4.74 Å². The van der Waals surface area contributed by atoms with Gasteiger partial charge in [-0.2, -0.15) is 0 Å². The summed E-state index contributed by atoms with van der Waals surface area (Å²) in [6, 6.07) is 20.8. The van der Waals surface area contributed by atoms with Crippen molar-refractivity contribution in [2.45, 2.75) is 19.8 Å². The van der Waals surface area contributed by atoms with Crippen LogP contribution >= 0.6 is 11.6 Å². The molecule has 0 radical (unpaired) electrons. The molecule has 0 heterocycles. The minimum atomic E-state index is 0.667. The number of benzene rings is 3. The van der Waals surface area contributed by atoms with Gasteiger partial charge >= 0.3 is 0 Å². The summed E-state index contributed by atoms with van der Waals surface area (Å²) >= 11 is 5.89.